The zero-order valence-corrected chi connectivity index (χ0v) is 15.7. The highest BCUT2D eigenvalue weighted by molar-refractivity contribution is 7.13. The van der Waals surface area contributed by atoms with Gasteiger partial charge in [0.15, 0.2) is 0 Å². The highest BCUT2D eigenvalue weighted by Gasteiger charge is 2.27. The van der Waals surface area contributed by atoms with E-state index in [1.54, 1.807) is 0 Å². The van der Waals surface area contributed by atoms with E-state index in [0.717, 1.165) is 16.0 Å². The van der Waals surface area contributed by atoms with Crippen LogP contribution in [-0.2, 0) is 0 Å². The van der Waals surface area contributed by atoms with Crippen LogP contribution in [0.4, 0.5) is 5.88 Å². The highest BCUT2D eigenvalue weighted by Crippen LogP contribution is 2.31. The van der Waals surface area contributed by atoms with Crippen molar-refractivity contribution >= 4 is 23.1 Å². The molecule has 1 aliphatic rings. The van der Waals surface area contributed by atoms with E-state index in [0.29, 0.717) is 38.0 Å². The summed E-state index contributed by atoms with van der Waals surface area (Å²) in [7, 11) is 0. The first-order chi connectivity index (χ1) is 13.2. The number of carbonyl (C=O) groups excluding carboxylic acids is 1. The molecular weight excluding hydrogens is 360 g/mol. The van der Waals surface area contributed by atoms with Gasteiger partial charge in [-0.05, 0) is 30.0 Å². The number of piperazine rings is 1. The summed E-state index contributed by atoms with van der Waals surface area (Å²) >= 11 is 1.52. The van der Waals surface area contributed by atoms with Crippen molar-refractivity contribution in [1.82, 2.24) is 9.88 Å². The summed E-state index contributed by atoms with van der Waals surface area (Å²) < 4.78 is 5.89. The maximum absolute atomic E-state index is 12.8. The summed E-state index contributed by atoms with van der Waals surface area (Å²) in [4.78, 5) is 21.8. The second-order valence-electron chi connectivity index (χ2n) is 6.36. The van der Waals surface area contributed by atoms with Crippen molar-refractivity contribution in [2.75, 3.05) is 31.1 Å². The zero-order chi connectivity index (χ0) is 18.8. The Morgan fingerprint density at radius 2 is 1.96 bits per heavy atom. The van der Waals surface area contributed by atoms with Crippen LogP contribution in [0.15, 0.2) is 46.2 Å². The smallest absolute Gasteiger partial charge is 0.254 e. The average Bonchev–Trinajstić information content (AvgIpc) is 3.37. The first kappa shape index (κ1) is 17.3. The number of hydrogen-bond acceptors (Lipinski definition) is 6. The predicted molar refractivity (Wildman–Crippen MR) is 104 cm³/mol. The molecule has 0 N–H and O–H groups in total. The lowest BCUT2D eigenvalue weighted by atomic mass is 10.1. The van der Waals surface area contributed by atoms with Crippen LogP contribution >= 0.6 is 11.3 Å². The maximum Gasteiger partial charge on any atom is 0.254 e. The number of nitrogens with zero attached hydrogens (tertiary/aromatic N) is 4. The molecule has 4 rings (SSSR count). The number of amides is 1. The van der Waals surface area contributed by atoms with Gasteiger partial charge in [-0.3, -0.25) is 4.79 Å². The second kappa shape index (κ2) is 7.25. The Balaban J connectivity index is 1.49. The lowest BCUT2D eigenvalue weighted by Crippen LogP contribution is -2.49. The molecule has 1 amide bonds. The standard InChI is InChI=1S/C20H18N4O2S/c1-14-5-2-3-6-15(14)19(25)23-8-10-24(11-9-23)20-16(13-21)22-18(26-20)17-7-4-12-27-17/h2-7,12H,8-11H2,1H3. The molecule has 0 unspecified atom stereocenters. The summed E-state index contributed by atoms with van der Waals surface area (Å²) in [5.41, 5.74) is 2.01. The van der Waals surface area contributed by atoms with Crippen molar-refractivity contribution in [3.63, 3.8) is 0 Å². The van der Waals surface area contributed by atoms with E-state index in [9.17, 15) is 10.1 Å². The van der Waals surface area contributed by atoms with E-state index in [4.69, 9.17) is 4.42 Å². The maximum atomic E-state index is 12.8. The van der Waals surface area contributed by atoms with Gasteiger partial charge in [0.05, 0.1) is 4.88 Å². The molecule has 1 saturated heterocycles. The third kappa shape index (κ3) is 3.32. The van der Waals surface area contributed by atoms with Gasteiger partial charge in [0.2, 0.25) is 17.5 Å². The van der Waals surface area contributed by atoms with Gasteiger partial charge in [0, 0.05) is 31.7 Å². The molecule has 136 valence electrons. The molecule has 7 heteroatoms. The van der Waals surface area contributed by atoms with Crippen LogP contribution in [0.2, 0.25) is 0 Å². The molecule has 0 radical (unpaired) electrons. The predicted octanol–water partition coefficient (Wildman–Crippen LogP) is 3.55. The van der Waals surface area contributed by atoms with Crippen LogP contribution in [0.3, 0.4) is 0 Å². The lowest BCUT2D eigenvalue weighted by Gasteiger charge is -2.34. The first-order valence-corrected chi connectivity index (χ1v) is 9.60. The van der Waals surface area contributed by atoms with E-state index in [1.165, 1.54) is 11.3 Å². The van der Waals surface area contributed by atoms with Crippen LogP contribution in [0.25, 0.3) is 10.8 Å². The van der Waals surface area contributed by atoms with Crippen LogP contribution in [0.5, 0.6) is 0 Å². The highest BCUT2D eigenvalue weighted by atomic mass is 32.1. The van der Waals surface area contributed by atoms with Gasteiger partial charge in [-0.15, -0.1) is 11.3 Å². The quantitative estimate of drug-likeness (QED) is 0.697. The van der Waals surface area contributed by atoms with E-state index >= 15 is 0 Å². The molecular formula is C20H18N4O2S. The molecule has 6 nitrogen and oxygen atoms in total. The van der Waals surface area contributed by atoms with Crippen molar-refractivity contribution in [3.8, 4) is 16.8 Å². The molecule has 0 atom stereocenters. The number of thiophene rings is 1. The van der Waals surface area contributed by atoms with Gasteiger partial charge in [-0.1, -0.05) is 24.3 Å². The van der Waals surface area contributed by atoms with Crippen LogP contribution < -0.4 is 4.90 Å². The van der Waals surface area contributed by atoms with E-state index in [-0.39, 0.29) is 11.6 Å². The van der Waals surface area contributed by atoms with Crippen LogP contribution in [0.1, 0.15) is 21.6 Å². The van der Waals surface area contributed by atoms with Gasteiger partial charge >= 0.3 is 0 Å². The summed E-state index contributed by atoms with van der Waals surface area (Å²) in [6, 6.07) is 13.6. The first-order valence-electron chi connectivity index (χ1n) is 8.72. The minimum atomic E-state index is 0.0464. The number of carbonyl (C=O) groups is 1. The second-order valence-corrected chi connectivity index (χ2v) is 7.30. The largest absolute Gasteiger partial charge is 0.418 e. The number of hydrogen-bond donors (Lipinski definition) is 0. The number of rotatable bonds is 3. The Morgan fingerprint density at radius 1 is 1.19 bits per heavy atom. The van der Waals surface area contributed by atoms with Gasteiger partial charge in [0.1, 0.15) is 6.07 Å². The van der Waals surface area contributed by atoms with Crippen LogP contribution in [0, 0.1) is 18.3 Å². The summed E-state index contributed by atoms with van der Waals surface area (Å²) in [6.45, 7) is 4.31. The summed E-state index contributed by atoms with van der Waals surface area (Å²) in [5.74, 6) is 1.00. The third-order valence-corrected chi connectivity index (χ3v) is 5.53. The Labute approximate surface area is 161 Å². The molecule has 0 spiro atoms. The third-order valence-electron chi connectivity index (χ3n) is 4.68. The fourth-order valence-electron chi connectivity index (χ4n) is 3.20. The van der Waals surface area contributed by atoms with Gasteiger partial charge in [-0.25, -0.2) is 0 Å². The molecule has 0 saturated carbocycles. The van der Waals surface area contributed by atoms with Crippen molar-refractivity contribution < 1.29 is 9.21 Å². The van der Waals surface area contributed by atoms with Crippen molar-refractivity contribution in [2.45, 2.75) is 6.92 Å². The topological polar surface area (TPSA) is 73.4 Å². The van der Waals surface area contributed by atoms with E-state index < -0.39 is 0 Å². The molecule has 2 aromatic heterocycles. The number of nitriles is 1. The minimum Gasteiger partial charge on any atom is -0.418 e. The van der Waals surface area contributed by atoms with Gasteiger partial charge in [0.25, 0.3) is 5.91 Å². The Kier molecular flexibility index (Phi) is 4.65. The normalized spacial score (nSPS) is 14.2. The number of aryl methyl sites for hydroxylation is 1. The Hall–Kier alpha value is -3.11. The number of benzene rings is 1. The van der Waals surface area contributed by atoms with E-state index in [1.807, 2.05) is 58.5 Å². The average molecular weight is 378 g/mol. The zero-order valence-electron chi connectivity index (χ0n) is 14.9. The molecule has 1 aliphatic heterocycles. The number of oxazole rings is 1. The minimum absolute atomic E-state index is 0.0464. The summed E-state index contributed by atoms with van der Waals surface area (Å²) in [6.07, 6.45) is 0. The summed E-state index contributed by atoms with van der Waals surface area (Å²) in [5, 5.41) is 11.4. The fourth-order valence-corrected chi connectivity index (χ4v) is 3.85. The van der Waals surface area contributed by atoms with Crippen molar-refractivity contribution in [2.24, 2.45) is 0 Å². The van der Waals surface area contributed by atoms with Gasteiger partial charge < -0.3 is 14.2 Å². The molecule has 3 aromatic rings. The molecule has 0 bridgehead atoms. The Bertz CT molecular complexity index is 995. The molecule has 27 heavy (non-hydrogen) atoms. The molecule has 0 aliphatic carbocycles. The Morgan fingerprint density at radius 3 is 2.63 bits per heavy atom. The van der Waals surface area contributed by atoms with Crippen molar-refractivity contribution in [3.05, 3.63) is 58.6 Å². The van der Waals surface area contributed by atoms with Gasteiger partial charge in [-0.2, -0.15) is 10.2 Å². The molecule has 3 heterocycles. The number of aromatic nitrogens is 1. The molecule has 1 fully saturated rings. The van der Waals surface area contributed by atoms with Crippen molar-refractivity contribution in [1.29, 1.82) is 5.26 Å². The van der Waals surface area contributed by atoms with E-state index in [2.05, 4.69) is 11.1 Å². The monoisotopic (exact) mass is 378 g/mol. The molecule has 1 aromatic carbocycles. The van der Waals surface area contributed by atoms with Crippen LogP contribution in [-0.4, -0.2) is 42.0 Å². The number of anilines is 1. The fraction of sp³-hybridized carbons (Fsp3) is 0.250. The lowest BCUT2D eigenvalue weighted by molar-refractivity contribution is 0.0744. The SMILES string of the molecule is Cc1ccccc1C(=O)N1CCN(c2oc(-c3cccs3)nc2C#N)CC1.